The highest BCUT2D eigenvalue weighted by Crippen LogP contribution is 2.12. The second-order valence-corrected chi connectivity index (χ2v) is 5.31. The molecule has 1 aromatic carbocycles. The number of benzene rings is 1. The minimum absolute atomic E-state index is 0.727. The van der Waals surface area contributed by atoms with Gasteiger partial charge in [-0.25, -0.2) is 4.98 Å². The van der Waals surface area contributed by atoms with Gasteiger partial charge in [-0.3, -0.25) is 10.00 Å². The zero-order valence-electron chi connectivity index (χ0n) is 13.1. The number of nitrogens with one attached hydrogen (secondary N) is 1. The first-order valence-corrected chi connectivity index (χ1v) is 7.45. The van der Waals surface area contributed by atoms with E-state index in [1.807, 2.05) is 12.1 Å². The van der Waals surface area contributed by atoms with Crippen LogP contribution in [0.15, 0.2) is 24.3 Å². The molecule has 1 aromatic heterocycles. The summed E-state index contributed by atoms with van der Waals surface area (Å²) in [6.07, 6.45) is 1.85. The normalized spacial score (nSPS) is 11.0. The van der Waals surface area contributed by atoms with Gasteiger partial charge in [0.2, 0.25) is 0 Å². The lowest BCUT2D eigenvalue weighted by Gasteiger charge is -2.15. The molecule has 0 saturated heterocycles. The SMILES string of the molecule is CCc1n[nH]c(CN(C)CCCOc2cccc(C)c2)n1. The maximum atomic E-state index is 5.75. The first kappa shape index (κ1) is 15.5. The summed E-state index contributed by atoms with van der Waals surface area (Å²) in [5.74, 6) is 2.75. The lowest BCUT2D eigenvalue weighted by molar-refractivity contribution is 0.256. The molecule has 114 valence electrons. The van der Waals surface area contributed by atoms with Crippen LogP contribution in [0.5, 0.6) is 5.75 Å². The van der Waals surface area contributed by atoms with Gasteiger partial charge >= 0.3 is 0 Å². The number of hydrogen-bond acceptors (Lipinski definition) is 4. The second-order valence-electron chi connectivity index (χ2n) is 5.31. The zero-order chi connectivity index (χ0) is 15.1. The summed E-state index contributed by atoms with van der Waals surface area (Å²) in [7, 11) is 2.08. The van der Waals surface area contributed by atoms with Gasteiger partial charge in [0.25, 0.3) is 0 Å². The molecule has 0 aliphatic rings. The number of H-pyrrole nitrogens is 1. The summed E-state index contributed by atoms with van der Waals surface area (Å²) in [6, 6.07) is 8.15. The molecule has 0 aliphatic carbocycles. The summed E-state index contributed by atoms with van der Waals surface area (Å²) < 4.78 is 5.75. The molecular weight excluding hydrogens is 264 g/mol. The Morgan fingerprint density at radius 3 is 2.90 bits per heavy atom. The summed E-state index contributed by atoms with van der Waals surface area (Å²) in [5, 5.41) is 7.12. The standard InChI is InChI=1S/C16H24N4O/c1-4-15-17-16(19-18-15)12-20(3)9-6-10-21-14-8-5-7-13(2)11-14/h5,7-8,11H,4,6,9-10,12H2,1-3H3,(H,17,18,19). The highest BCUT2D eigenvalue weighted by molar-refractivity contribution is 5.27. The zero-order valence-corrected chi connectivity index (χ0v) is 13.1. The maximum absolute atomic E-state index is 5.75. The van der Waals surface area contributed by atoms with E-state index in [2.05, 4.69) is 53.1 Å². The van der Waals surface area contributed by atoms with Crippen LogP contribution in [0.3, 0.4) is 0 Å². The largest absolute Gasteiger partial charge is 0.494 e. The Morgan fingerprint density at radius 2 is 2.19 bits per heavy atom. The van der Waals surface area contributed by atoms with Gasteiger partial charge in [0.15, 0.2) is 0 Å². The third-order valence-electron chi connectivity index (χ3n) is 3.26. The number of aryl methyl sites for hydroxylation is 2. The number of rotatable bonds is 8. The third kappa shape index (κ3) is 5.19. The van der Waals surface area contributed by atoms with Crippen LogP contribution in [0.1, 0.15) is 30.6 Å². The molecule has 1 heterocycles. The van der Waals surface area contributed by atoms with Crippen molar-refractivity contribution in [2.45, 2.75) is 33.2 Å². The topological polar surface area (TPSA) is 54.0 Å². The van der Waals surface area contributed by atoms with E-state index < -0.39 is 0 Å². The van der Waals surface area contributed by atoms with Gasteiger partial charge in [-0.05, 0) is 38.1 Å². The van der Waals surface area contributed by atoms with Gasteiger partial charge in [-0.1, -0.05) is 19.1 Å². The van der Waals surface area contributed by atoms with Crippen LogP contribution in [-0.4, -0.2) is 40.3 Å². The Bertz CT molecular complexity index is 553. The van der Waals surface area contributed by atoms with Crippen molar-refractivity contribution in [3.05, 3.63) is 41.5 Å². The Kier molecular flexibility index (Phi) is 5.75. The molecular formula is C16H24N4O. The molecule has 0 fully saturated rings. The molecule has 0 atom stereocenters. The van der Waals surface area contributed by atoms with Crippen molar-refractivity contribution in [2.24, 2.45) is 0 Å². The minimum Gasteiger partial charge on any atom is -0.494 e. The van der Waals surface area contributed by atoms with Crippen LogP contribution < -0.4 is 4.74 Å². The quantitative estimate of drug-likeness (QED) is 0.759. The smallest absolute Gasteiger partial charge is 0.150 e. The lowest BCUT2D eigenvalue weighted by Crippen LogP contribution is -2.21. The average molecular weight is 288 g/mol. The van der Waals surface area contributed by atoms with Crippen molar-refractivity contribution in [3.8, 4) is 5.75 Å². The van der Waals surface area contributed by atoms with E-state index in [1.54, 1.807) is 0 Å². The van der Waals surface area contributed by atoms with Crippen molar-refractivity contribution in [1.82, 2.24) is 20.1 Å². The van der Waals surface area contributed by atoms with Crippen molar-refractivity contribution < 1.29 is 4.74 Å². The molecule has 0 amide bonds. The Hall–Kier alpha value is -1.88. The summed E-state index contributed by atoms with van der Waals surface area (Å²) in [4.78, 5) is 6.64. The van der Waals surface area contributed by atoms with Crippen LogP contribution in [-0.2, 0) is 13.0 Å². The number of nitrogens with zero attached hydrogens (tertiary/aromatic N) is 3. The van der Waals surface area contributed by atoms with E-state index in [-0.39, 0.29) is 0 Å². The predicted molar refractivity (Wildman–Crippen MR) is 83.4 cm³/mol. The summed E-state index contributed by atoms with van der Waals surface area (Å²) in [5.41, 5.74) is 1.22. The molecule has 2 rings (SSSR count). The van der Waals surface area contributed by atoms with Crippen molar-refractivity contribution >= 4 is 0 Å². The minimum atomic E-state index is 0.727. The molecule has 5 heteroatoms. The molecule has 0 spiro atoms. The van der Waals surface area contributed by atoms with Gasteiger partial charge in [0.1, 0.15) is 17.4 Å². The summed E-state index contributed by atoms with van der Waals surface area (Å²) in [6.45, 7) is 6.61. The molecule has 0 unspecified atom stereocenters. The lowest BCUT2D eigenvalue weighted by atomic mass is 10.2. The van der Waals surface area contributed by atoms with Gasteiger partial charge in [0.05, 0.1) is 13.2 Å². The molecule has 0 radical (unpaired) electrons. The first-order chi connectivity index (χ1) is 10.2. The van der Waals surface area contributed by atoms with Gasteiger partial charge in [-0.15, -0.1) is 0 Å². The highest BCUT2D eigenvalue weighted by atomic mass is 16.5. The van der Waals surface area contributed by atoms with Crippen LogP contribution in [0, 0.1) is 6.92 Å². The van der Waals surface area contributed by atoms with Crippen LogP contribution in [0.4, 0.5) is 0 Å². The summed E-state index contributed by atoms with van der Waals surface area (Å²) >= 11 is 0. The average Bonchev–Trinajstić information content (AvgIpc) is 2.91. The maximum Gasteiger partial charge on any atom is 0.150 e. The molecule has 1 N–H and O–H groups in total. The third-order valence-corrected chi connectivity index (χ3v) is 3.26. The first-order valence-electron chi connectivity index (χ1n) is 7.45. The van der Waals surface area contributed by atoms with Gasteiger partial charge in [0, 0.05) is 13.0 Å². The van der Waals surface area contributed by atoms with E-state index >= 15 is 0 Å². The molecule has 0 saturated carbocycles. The van der Waals surface area contributed by atoms with E-state index in [4.69, 9.17) is 4.74 Å². The van der Waals surface area contributed by atoms with Crippen molar-refractivity contribution in [2.75, 3.05) is 20.2 Å². The number of aromatic nitrogens is 3. The number of aromatic amines is 1. The Labute approximate surface area is 126 Å². The fraction of sp³-hybridized carbons (Fsp3) is 0.500. The molecule has 21 heavy (non-hydrogen) atoms. The fourth-order valence-electron chi connectivity index (χ4n) is 2.13. The van der Waals surface area contributed by atoms with Gasteiger partial charge < -0.3 is 4.74 Å². The van der Waals surface area contributed by atoms with Crippen molar-refractivity contribution in [3.63, 3.8) is 0 Å². The van der Waals surface area contributed by atoms with Crippen molar-refractivity contribution in [1.29, 1.82) is 0 Å². The second kappa shape index (κ2) is 7.78. The monoisotopic (exact) mass is 288 g/mol. The van der Waals surface area contributed by atoms with E-state index in [9.17, 15) is 0 Å². The Morgan fingerprint density at radius 1 is 1.33 bits per heavy atom. The van der Waals surface area contributed by atoms with E-state index in [1.165, 1.54) is 5.56 Å². The van der Waals surface area contributed by atoms with Crippen LogP contribution in [0.2, 0.25) is 0 Å². The highest BCUT2D eigenvalue weighted by Gasteiger charge is 2.05. The van der Waals surface area contributed by atoms with E-state index in [0.717, 1.165) is 49.9 Å². The Balaban J connectivity index is 1.66. The predicted octanol–water partition coefficient (Wildman–Crippen LogP) is 2.58. The molecule has 0 aliphatic heterocycles. The molecule has 5 nitrogen and oxygen atoms in total. The van der Waals surface area contributed by atoms with Gasteiger partial charge in [-0.2, -0.15) is 5.10 Å². The molecule has 0 bridgehead atoms. The fourth-order valence-corrected chi connectivity index (χ4v) is 2.13. The molecule has 2 aromatic rings. The van der Waals surface area contributed by atoms with Crippen LogP contribution >= 0.6 is 0 Å². The number of ether oxygens (including phenoxy) is 1. The number of hydrogen-bond donors (Lipinski definition) is 1. The van der Waals surface area contributed by atoms with Crippen LogP contribution in [0.25, 0.3) is 0 Å². The van der Waals surface area contributed by atoms with E-state index in [0.29, 0.717) is 0 Å².